The number of Topliss-reactive ketones (excluding diaryl/α,β-unsaturated/α-hetero) is 1. The van der Waals surface area contributed by atoms with Crippen molar-refractivity contribution in [1.29, 1.82) is 0 Å². The van der Waals surface area contributed by atoms with Crippen LogP contribution >= 0.6 is 7.82 Å². The largest absolute Gasteiger partial charge is 0.472 e. The Labute approximate surface area is 211 Å². The van der Waals surface area contributed by atoms with Crippen molar-refractivity contribution >= 4 is 13.6 Å². The molecule has 7 heteroatoms. The molecule has 0 saturated carbocycles. The van der Waals surface area contributed by atoms with Crippen LogP contribution in [0.5, 0.6) is 0 Å². The standard InChI is InChI=1S/C27H56NO5P/c1-4-6-7-8-9-10-11-12-13-14-15-16-17-18-21-26(24-27(29)5-2)25-33-34(30,31)32-23-20-19-22-28-3/h26,28H,4-25H2,1-3H3,(H,30,31)/p+1. The summed E-state index contributed by atoms with van der Waals surface area (Å²) in [7, 11) is -2.05. The Kier molecular flexibility index (Phi) is 24.2. The second-order valence-electron chi connectivity index (χ2n) is 9.85. The Morgan fingerprint density at radius 3 is 1.82 bits per heavy atom. The first-order valence-electron chi connectivity index (χ1n) is 14.4. The molecule has 0 aliphatic carbocycles. The van der Waals surface area contributed by atoms with E-state index in [0.717, 1.165) is 38.6 Å². The molecule has 0 aromatic rings. The maximum atomic E-state index is 12.1. The topological polar surface area (TPSA) is 89.4 Å². The number of unbranched alkanes of at least 4 members (excludes halogenated alkanes) is 14. The van der Waals surface area contributed by atoms with Crippen molar-refractivity contribution in [3.63, 3.8) is 0 Å². The summed E-state index contributed by atoms with van der Waals surface area (Å²) in [4.78, 5) is 21.9. The lowest BCUT2D eigenvalue weighted by molar-refractivity contribution is -0.627. The van der Waals surface area contributed by atoms with E-state index in [2.05, 4.69) is 12.2 Å². The summed E-state index contributed by atoms with van der Waals surface area (Å²) in [5, 5.41) is 2.07. The van der Waals surface area contributed by atoms with Crippen molar-refractivity contribution < 1.29 is 28.6 Å². The van der Waals surface area contributed by atoms with Crippen LogP contribution < -0.4 is 5.32 Å². The van der Waals surface area contributed by atoms with Crippen LogP contribution in [0.2, 0.25) is 0 Å². The van der Waals surface area contributed by atoms with Gasteiger partial charge in [0.05, 0.1) is 26.8 Å². The van der Waals surface area contributed by atoms with Crippen molar-refractivity contribution in [2.75, 3.05) is 26.8 Å². The smallest absolute Gasteiger partial charge is 0.349 e. The van der Waals surface area contributed by atoms with E-state index >= 15 is 0 Å². The monoisotopic (exact) mass is 506 g/mol. The zero-order valence-electron chi connectivity index (χ0n) is 22.7. The van der Waals surface area contributed by atoms with Crippen LogP contribution in [0.3, 0.4) is 0 Å². The number of ketones is 1. The third-order valence-corrected chi connectivity index (χ3v) is 7.48. The van der Waals surface area contributed by atoms with Crippen LogP contribution in [0, 0.1) is 5.92 Å². The Morgan fingerprint density at radius 2 is 1.32 bits per heavy atom. The summed E-state index contributed by atoms with van der Waals surface area (Å²) in [5.74, 6) is 0.173. The number of carbonyl (C=O) groups is 1. The number of hydrogen-bond donors (Lipinski definition) is 2. The summed E-state index contributed by atoms with van der Waals surface area (Å²) in [6, 6.07) is 0. The molecule has 0 saturated heterocycles. The first kappa shape index (κ1) is 33.7. The van der Waals surface area contributed by atoms with Gasteiger partial charge < -0.3 is 10.2 Å². The molecular formula is C27H57NO5P+. The highest BCUT2D eigenvalue weighted by molar-refractivity contribution is 7.47. The minimum absolute atomic E-state index is 0.0106. The van der Waals surface area contributed by atoms with Gasteiger partial charge >= 0.3 is 7.82 Å². The van der Waals surface area contributed by atoms with Crippen molar-refractivity contribution in [3.8, 4) is 0 Å². The van der Waals surface area contributed by atoms with E-state index in [0.29, 0.717) is 12.8 Å². The molecule has 204 valence electrons. The number of hydrogen-bond acceptors (Lipinski definition) is 4. The van der Waals surface area contributed by atoms with E-state index in [1.165, 1.54) is 77.0 Å². The highest BCUT2D eigenvalue weighted by Gasteiger charge is 2.24. The predicted octanol–water partition coefficient (Wildman–Crippen LogP) is 6.95. The molecule has 0 heterocycles. The molecule has 0 aromatic heterocycles. The maximum absolute atomic E-state index is 12.1. The molecule has 34 heavy (non-hydrogen) atoms. The average molecular weight is 507 g/mol. The van der Waals surface area contributed by atoms with Gasteiger partial charge in [0.1, 0.15) is 5.78 Å². The van der Waals surface area contributed by atoms with Gasteiger partial charge in [0.25, 0.3) is 0 Å². The molecule has 0 rings (SSSR count). The molecule has 6 nitrogen and oxygen atoms in total. The second-order valence-corrected chi connectivity index (χ2v) is 11.3. The lowest BCUT2D eigenvalue weighted by Crippen LogP contribution is -2.79. The lowest BCUT2D eigenvalue weighted by atomic mass is 9.95. The van der Waals surface area contributed by atoms with Crippen molar-refractivity contribution in [3.05, 3.63) is 0 Å². The van der Waals surface area contributed by atoms with Gasteiger partial charge in [0, 0.05) is 12.8 Å². The van der Waals surface area contributed by atoms with Crippen LogP contribution in [-0.2, 0) is 18.4 Å². The van der Waals surface area contributed by atoms with Crippen LogP contribution in [0.25, 0.3) is 0 Å². The fraction of sp³-hybridized carbons (Fsp3) is 0.963. The first-order valence-corrected chi connectivity index (χ1v) is 15.9. The predicted molar refractivity (Wildman–Crippen MR) is 142 cm³/mol. The van der Waals surface area contributed by atoms with Gasteiger partial charge in [0.15, 0.2) is 0 Å². The van der Waals surface area contributed by atoms with E-state index in [9.17, 15) is 14.3 Å². The number of rotatable bonds is 27. The van der Waals surface area contributed by atoms with E-state index < -0.39 is 7.82 Å². The molecule has 3 N–H and O–H groups in total. The molecule has 0 radical (unpaired) electrons. The SMILES string of the molecule is CCCCCCCCCCCCCCCCC(COP(=O)(O)OCCCC[NH2+]C)CC(=O)CC. The molecule has 2 unspecified atom stereocenters. The van der Waals surface area contributed by atoms with Crippen LogP contribution in [0.1, 0.15) is 136 Å². The molecular weight excluding hydrogens is 449 g/mol. The van der Waals surface area contributed by atoms with Gasteiger partial charge in [-0.1, -0.05) is 104 Å². The van der Waals surface area contributed by atoms with Gasteiger partial charge in [-0.15, -0.1) is 0 Å². The normalized spacial score (nSPS) is 14.2. The molecule has 0 amide bonds. The van der Waals surface area contributed by atoms with Crippen LogP contribution in [0.15, 0.2) is 0 Å². The first-order chi connectivity index (χ1) is 16.4. The average Bonchev–Trinajstić information content (AvgIpc) is 2.82. The Balaban J connectivity index is 3.89. The van der Waals surface area contributed by atoms with Gasteiger partial charge in [-0.05, 0) is 25.2 Å². The third kappa shape index (κ3) is 23.5. The fourth-order valence-corrected chi connectivity index (χ4v) is 5.04. The summed E-state index contributed by atoms with van der Waals surface area (Å²) in [6.07, 6.45) is 21.9. The fourth-order valence-electron chi connectivity index (χ4n) is 4.21. The lowest BCUT2D eigenvalue weighted by Gasteiger charge is -2.18. The molecule has 0 aliphatic heterocycles. The molecule has 0 aromatic carbocycles. The van der Waals surface area contributed by atoms with Crippen molar-refractivity contribution in [2.45, 2.75) is 136 Å². The van der Waals surface area contributed by atoms with E-state index in [1.807, 2.05) is 14.0 Å². The van der Waals surface area contributed by atoms with Crippen molar-refractivity contribution in [1.82, 2.24) is 0 Å². The minimum Gasteiger partial charge on any atom is -0.349 e. The summed E-state index contributed by atoms with van der Waals surface area (Å²) in [6.45, 7) is 5.43. The zero-order chi connectivity index (χ0) is 25.3. The van der Waals surface area contributed by atoms with E-state index in [-0.39, 0.29) is 24.9 Å². The number of carbonyl (C=O) groups excluding carboxylic acids is 1. The van der Waals surface area contributed by atoms with E-state index in [4.69, 9.17) is 9.05 Å². The van der Waals surface area contributed by atoms with Gasteiger partial charge in [-0.2, -0.15) is 0 Å². The number of quaternary nitrogens is 1. The van der Waals surface area contributed by atoms with Crippen LogP contribution in [-0.4, -0.2) is 37.5 Å². The second kappa shape index (κ2) is 24.4. The Bertz CT molecular complexity index is 503. The number of phosphoric ester groups is 1. The maximum Gasteiger partial charge on any atom is 0.472 e. The molecule has 0 aliphatic rings. The number of nitrogens with two attached hydrogens (primary N) is 1. The summed E-state index contributed by atoms with van der Waals surface area (Å²) in [5.41, 5.74) is 0. The van der Waals surface area contributed by atoms with Crippen LogP contribution in [0.4, 0.5) is 0 Å². The molecule has 0 bridgehead atoms. The molecule has 0 spiro atoms. The highest BCUT2D eigenvalue weighted by atomic mass is 31.2. The minimum atomic E-state index is -4.04. The van der Waals surface area contributed by atoms with Gasteiger partial charge in [-0.3, -0.25) is 13.8 Å². The summed E-state index contributed by atoms with van der Waals surface area (Å²) >= 11 is 0. The molecule has 0 fully saturated rings. The quantitative estimate of drug-likeness (QED) is 0.0929. The van der Waals surface area contributed by atoms with Gasteiger partial charge in [0.2, 0.25) is 0 Å². The zero-order valence-corrected chi connectivity index (χ0v) is 23.6. The van der Waals surface area contributed by atoms with E-state index in [1.54, 1.807) is 0 Å². The number of phosphoric acid groups is 1. The van der Waals surface area contributed by atoms with Crippen molar-refractivity contribution in [2.24, 2.45) is 5.92 Å². The Morgan fingerprint density at radius 1 is 0.794 bits per heavy atom. The van der Waals surface area contributed by atoms with Gasteiger partial charge in [-0.25, -0.2) is 4.57 Å². The Hall–Kier alpha value is -0.260. The highest BCUT2D eigenvalue weighted by Crippen LogP contribution is 2.44. The third-order valence-electron chi connectivity index (χ3n) is 6.49. The molecule has 2 atom stereocenters. The summed E-state index contributed by atoms with van der Waals surface area (Å²) < 4.78 is 22.4.